The van der Waals surface area contributed by atoms with Gasteiger partial charge in [-0.05, 0) is 18.2 Å². The van der Waals surface area contributed by atoms with Crippen LogP contribution in [0.1, 0.15) is 9.67 Å². The summed E-state index contributed by atoms with van der Waals surface area (Å²) in [4.78, 5) is 31.5. The first kappa shape index (κ1) is 18.3. The third-order valence-corrected chi connectivity index (χ3v) is 6.19. The van der Waals surface area contributed by atoms with Crippen molar-refractivity contribution in [2.45, 2.75) is 0 Å². The molecule has 0 saturated carbocycles. The predicted molar refractivity (Wildman–Crippen MR) is 102 cm³/mol. The Hall–Kier alpha value is -2.03. The molecule has 2 aliphatic rings. The van der Waals surface area contributed by atoms with E-state index < -0.39 is 0 Å². The number of amides is 2. The lowest BCUT2D eigenvalue weighted by Crippen LogP contribution is -2.53. The summed E-state index contributed by atoms with van der Waals surface area (Å²) in [6.45, 7) is 5.40. The Morgan fingerprint density at radius 1 is 1.04 bits per heavy atom. The van der Waals surface area contributed by atoms with E-state index in [1.165, 1.54) is 17.4 Å². The summed E-state index contributed by atoms with van der Waals surface area (Å²) in [6, 6.07) is 6.51. The number of piperazine rings is 1. The lowest BCUT2D eigenvalue weighted by Gasteiger charge is -2.36. The number of hydrogen-bond acceptors (Lipinski definition) is 5. The minimum absolute atomic E-state index is 0.0871. The highest BCUT2D eigenvalue weighted by Crippen LogP contribution is 2.28. The first-order chi connectivity index (χ1) is 13.1. The number of halogens is 1. The number of ether oxygens (including phenoxy) is 1. The fourth-order valence-electron chi connectivity index (χ4n) is 3.50. The highest BCUT2D eigenvalue weighted by Gasteiger charge is 2.27. The van der Waals surface area contributed by atoms with Crippen LogP contribution in [0.25, 0.3) is 10.1 Å². The summed E-state index contributed by atoms with van der Waals surface area (Å²) in [6.07, 6.45) is 0. The van der Waals surface area contributed by atoms with E-state index in [1.54, 1.807) is 17.0 Å². The van der Waals surface area contributed by atoms with Crippen molar-refractivity contribution in [3.8, 4) is 0 Å². The average molecular weight is 391 g/mol. The van der Waals surface area contributed by atoms with E-state index in [4.69, 9.17) is 4.74 Å². The predicted octanol–water partition coefficient (Wildman–Crippen LogP) is 1.66. The molecule has 0 atom stereocenters. The second kappa shape index (κ2) is 7.92. The molecule has 4 rings (SSSR count). The van der Waals surface area contributed by atoms with Crippen LogP contribution in [-0.4, -0.2) is 85.5 Å². The molecule has 2 aliphatic heterocycles. The molecule has 1 aromatic carbocycles. The molecule has 0 radical (unpaired) electrons. The number of morpholine rings is 1. The highest BCUT2D eigenvalue weighted by molar-refractivity contribution is 7.20. The zero-order valence-electron chi connectivity index (χ0n) is 15.0. The highest BCUT2D eigenvalue weighted by atomic mass is 32.1. The van der Waals surface area contributed by atoms with Crippen molar-refractivity contribution in [3.05, 3.63) is 35.0 Å². The van der Waals surface area contributed by atoms with Gasteiger partial charge in [0.05, 0.1) is 24.6 Å². The Kier molecular flexibility index (Phi) is 5.38. The standard InChI is InChI=1S/C19H22FN3O3S/c20-15-2-1-3-16-14(15)12-17(27-16)19(25)23-6-4-22(5-7-23)18(24)13-21-8-10-26-11-9-21/h1-3,12H,4-11,13H2. The normalized spacial score (nSPS) is 18.9. The van der Waals surface area contributed by atoms with E-state index in [-0.39, 0.29) is 17.6 Å². The molecule has 2 saturated heterocycles. The number of hydrogen-bond donors (Lipinski definition) is 0. The van der Waals surface area contributed by atoms with E-state index in [9.17, 15) is 14.0 Å². The van der Waals surface area contributed by atoms with Gasteiger partial charge in [0.25, 0.3) is 5.91 Å². The summed E-state index contributed by atoms with van der Waals surface area (Å²) < 4.78 is 19.9. The van der Waals surface area contributed by atoms with E-state index in [0.29, 0.717) is 56.2 Å². The van der Waals surface area contributed by atoms with Crippen LogP contribution in [0, 0.1) is 5.82 Å². The molecule has 1 aromatic heterocycles. The number of rotatable bonds is 3. The summed E-state index contributed by atoms with van der Waals surface area (Å²) in [5.74, 6) is -0.287. The molecular weight excluding hydrogens is 369 g/mol. The second-order valence-electron chi connectivity index (χ2n) is 6.82. The average Bonchev–Trinajstić information content (AvgIpc) is 3.14. The van der Waals surface area contributed by atoms with E-state index in [0.717, 1.165) is 17.8 Å². The van der Waals surface area contributed by atoms with Crippen LogP contribution in [0.15, 0.2) is 24.3 Å². The Morgan fingerprint density at radius 3 is 2.44 bits per heavy atom. The summed E-state index contributed by atoms with van der Waals surface area (Å²) in [5, 5.41) is 0.491. The van der Waals surface area contributed by atoms with E-state index >= 15 is 0 Å². The zero-order valence-corrected chi connectivity index (χ0v) is 15.8. The van der Waals surface area contributed by atoms with Crippen molar-refractivity contribution >= 4 is 33.2 Å². The van der Waals surface area contributed by atoms with E-state index in [2.05, 4.69) is 4.90 Å². The smallest absolute Gasteiger partial charge is 0.264 e. The summed E-state index contributed by atoms with van der Waals surface area (Å²) >= 11 is 1.31. The fourth-order valence-corrected chi connectivity index (χ4v) is 4.54. The van der Waals surface area contributed by atoms with Gasteiger partial charge in [0.2, 0.25) is 5.91 Å². The SMILES string of the molecule is O=C(CN1CCOCC1)N1CCN(C(=O)c2cc3c(F)cccc3s2)CC1. The number of benzene rings is 1. The van der Waals surface area contributed by atoms with Crippen molar-refractivity contribution in [2.75, 3.05) is 59.0 Å². The molecule has 144 valence electrons. The zero-order chi connectivity index (χ0) is 18.8. The van der Waals surface area contributed by atoms with Gasteiger partial charge in [0, 0.05) is 49.4 Å². The first-order valence-electron chi connectivity index (χ1n) is 9.17. The number of thiophene rings is 1. The summed E-state index contributed by atoms with van der Waals surface area (Å²) in [5.41, 5.74) is 0. The van der Waals surface area contributed by atoms with Crippen LogP contribution in [0.4, 0.5) is 4.39 Å². The monoisotopic (exact) mass is 391 g/mol. The Balaban J connectivity index is 1.34. The number of fused-ring (bicyclic) bond motifs is 1. The molecule has 6 nitrogen and oxygen atoms in total. The molecule has 27 heavy (non-hydrogen) atoms. The minimum atomic E-state index is -0.304. The maximum Gasteiger partial charge on any atom is 0.264 e. The first-order valence-corrected chi connectivity index (χ1v) is 9.99. The lowest BCUT2D eigenvalue weighted by molar-refractivity contribution is -0.134. The molecule has 2 aromatic rings. The molecular formula is C19H22FN3O3S. The molecule has 0 bridgehead atoms. The van der Waals surface area contributed by atoms with Crippen molar-refractivity contribution in [1.29, 1.82) is 0 Å². The van der Waals surface area contributed by atoms with Crippen LogP contribution in [0.3, 0.4) is 0 Å². The minimum Gasteiger partial charge on any atom is -0.379 e. The molecule has 0 aliphatic carbocycles. The second-order valence-corrected chi connectivity index (χ2v) is 7.91. The van der Waals surface area contributed by atoms with Crippen LogP contribution < -0.4 is 0 Å². The molecule has 0 spiro atoms. The number of carbonyl (C=O) groups is 2. The third kappa shape index (κ3) is 3.97. The van der Waals surface area contributed by atoms with Crippen molar-refractivity contribution in [3.63, 3.8) is 0 Å². The van der Waals surface area contributed by atoms with Gasteiger partial charge in [-0.1, -0.05) is 6.07 Å². The quantitative estimate of drug-likeness (QED) is 0.799. The van der Waals surface area contributed by atoms with E-state index in [1.807, 2.05) is 11.0 Å². The van der Waals surface area contributed by atoms with Gasteiger partial charge >= 0.3 is 0 Å². The largest absolute Gasteiger partial charge is 0.379 e. The maximum atomic E-state index is 13.9. The van der Waals surface area contributed by atoms with Crippen LogP contribution in [0.2, 0.25) is 0 Å². The van der Waals surface area contributed by atoms with Crippen molar-refractivity contribution in [1.82, 2.24) is 14.7 Å². The van der Waals surface area contributed by atoms with Crippen LogP contribution in [-0.2, 0) is 9.53 Å². The molecule has 2 fully saturated rings. The maximum absolute atomic E-state index is 13.9. The van der Waals surface area contributed by atoms with Gasteiger partial charge in [-0.25, -0.2) is 4.39 Å². The van der Waals surface area contributed by atoms with Crippen LogP contribution >= 0.6 is 11.3 Å². The number of carbonyl (C=O) groups excluding carboxylic acids is 2. The van der Waals surface area contributed by atoms with Gasteiger partial charge < -0.3 is 14.5 Å². The van der Waals surface area contributed by atoms with Gasteiger partial charge in [0.1, 0.15) is 5.82 Å². The topological polar surface area (TPSA) is 53.1 Å². The Bertz CT molecular complexity index is 842. The fraction of sp³-hybridized carbons (Fsp3) is 0.474. The van der Waals surface area contributed by atoms with Gasteiger partial charge in [-0.3, -0.25) is 14.5 Å². The molecule has 8 heteroatoms. The third-order valence-electron chi connectivity index (χ3n) is 5.10. The Morgan fingerprint density at radius 2 is 1.74 bits per heavy atom. The van der Waals surface area contributed by atoms with Gasteiger partial charge in [-0.15, -0.1) is 11.3 Å². The molecule has 3 heterocycles. The lowest BCUT2D eigenvalue weighted by atomic mass is 10.2. The van der Waals surface area contributed by atoms with Gasteiger partial charge in [0.15, 0.2) is 0 Å². The number of nitrogens with zero attached hydrogens (tertiary/aromatic N) is 3. The van der Waals surface area contributed by atoms with Crippen LogP contribution in [0.5, 0.6) is 0 Å². The van der Waals surface area contributed by atoms with Gasteiger partial charge in [-0.2, -0.15) is 0 Å². The van der Waals surface area contributed by atoms with Crippen molar-refractivity contribution < 1.29 is 18.7 Å². The molecule has 0 N–H and O–H groups in total. The molecule has 0 unspecified atom stereocenters. The molecule has 2 amide bonds. The van der Waals surface area contributed by atoms with Crippen molar-refractivity contribution in [2.24, 2.45) is 0 Å². The Labute approximate surface area is 161 Å². The summed E-state index contributed by atoms with van der Waals surface area (Å²) in [7, 11) is 0.